The molecule has 0 saturated heterocycles. The van der Waals surface area contributed by atoms with Crippen molar-refractivity contribution in [3.05, 3.63) is 28.8 Å². The molecular weight excluding hydrogens is 210 g/mol. The van der Waals surface area contributed by atoms with Crippen LogP contribution < -0.4 is 5.32 Å². The zero-order valence-electron chi connectivity index (χ0n) is 9.26. The predicted molar refractivity (Wildman–Crippen MR) is 64.3 cm³/mol. The molecule has 0 fully saturated rings. The molecule has 0 aliphatic rings. The van der Waals surface area contributed by atoms with Crippen LogP contribution in [0.25, 0.3) is 0 Å². The predicted octanol–water partition coefficient (Wildman–Crippen LogP) is 3.32. The summed E-state index contributed by atoms with van der Waals surface area (Å²) >= 11 is 5.99. The fourth-order valence-corrected chi connectivity index (χ4v) is 1.77. The van der Waals surface area contributed by atoms with Crippen LogP contribution in [0.5, 0.6) is 5.75 Å². The van der Waals surface area contributed by atoms with Gasteiger partial charge in [0.25, 0.3) is 0 Å². The van der Waals surface area contributed by atoms with Crippen molar-refractivity contribution >= 4 is 11.6 Å². The number of rotatable bonds is 5. The Kier molecular flexibility index (Phi) is 4.92. The smallest absolute Gasteiger partial charge is 0.121 e. The van der Waals surface area contributed by atoms with Crippen molar-refractivity contribution in [2.24, 2.45) is 0 Å². The number of phenolic OH excluding ortho intramolecular Hbond substituents is 1. The highest BCUT2D eigenvalue weighted by molar-refractivity contribution is 6.31. The first kappa shape index (κ1) is 12.3. The lowest BCUT2D eigenvalue weighted by Crippen LogP contribution is -2.25. The number of hydrogen-bond acceptors (Lipinski definition) is 2. The van der Waals surface area contributed by atoms with E-state index in [9.17, 15) is 5.11 Å². The lowest BCUT2D eigenvalue weighted by molar-refractivity contribution is 0.454. The molecule has 1 unspecified atom stereocenters. The van der Waals surface area contributed by atoms with Gasteiger partial charge in [-0.15, -0.1) is 0 Å². The summed E-state index contributed by atoms with van der Waals surface area (Å²) in [7, 11) is 0. The topological polar surface area (TPSA) is 32.3 Å². The van der Waals surface area contributed by atoms with Gasteiger partial charge in [0.1, 0.15) is 5.75 Å². The highest BCUT2D eigenvalue weighted by Crippen LogP contribution is 2.24. The number of halogens is 1. The van der Waals surface area contributed by atoms with Crippen LogP contribution in [0, 0.1) is 0 Å². The Morgan fingerprint density at radius 3 is 2.80 bits per heavy atom. The first-order valence-electron chi connectivity index (χ1n) is 5.35. The van der Waals surface area contributed by atoms with E-state index in [4.69, 9.17) is 11.6 Å². The molecule has 0 amide bonds. The second kappa shape index (κ2) is 5.99. The second-order valence-corrected chi connectivity index (χ2v) is 4.22. The summed E-state index contributed by atoms with van der Waals surface area (Å²) in [5, 5.41) is 13.6. The van der Waals surface area contributed by atoms with Crippen molar-refractivity contribution < 1.29 is 5.11 Å². The van der Waals surface area contributed by atoms with E-state index in [1.54, 1.807) is 18.2 Å². The molecule has 3 heteroatoms. The van der Waals surface area contributed by atoms with Gasteiger partial charge in [0, 0.05) is 23.2 Å². The minimum absolute atomic E-state index is 0.263. The first-order chi connectivity index (χ1) is 7.15. The molecule has 0 aliphatic heterocycles. The Labute approximate surface area is 96.3 Å². The van der Waals surface area contributed by atoms with E-state index in [2.05, 4.69) is 19.2 Å². The van der Waals surface area contributed by atoms with Crippen molar-refractivity contribution in [2.75, 3.05) is 0 Å². The fourth-order valence-electron chi connectivity index (χ4n) is 1.53. The van der Waals surface area contributed by atoms with Gasteiger partial charge in [-0.2, -0.15) is 0 Å². The molecule has 15 heavy (non-hydrogen) atoms. The summed E-state index contributed by atoms with van der Waals surface area (Å²) in [5.41, 5.74) is 0.780. The first-order valence-corrected chi connectivity index (χ1v) is 5.72. The lowest BCUT2D eigenvalue weighted by atomic mass is 10.1. The summed E-state index contributed by atoms with van der Waals surface area (Å²) in [4.78, 5) is 0. The summed E-state index contributed by atoms with van der Waals surface area (Å²) < 4.78 is 0. The van der Waals surface area contributed by atoms with Gasteiger partial charge in [0.2, 0.25) is 0 Å². The molecule has 0 aromatic heterocycles. The third-order valence-corrected chi connectivity index (χ3v) is 2.80. The second-order valence-electron chi connectivity index (χ2n) is 3.81. The van der Waals surface area contributed by atoms with Gasteiger partial charge in [0.15, 0.2) is 0 Å². The molecule has 0 heterocycles. The summed E-state index contributed by atoms with van der Waals surface area (Å²) in [6.07, 6.45) is 2.29. The zero-order valence-corrected chi connectivity index (χ0v) is 10.0. The molecule has 0 radical (unpaired) electrons. The average Bonchev–Trinajstić information content (AvgIpc) is 2.17. The Balaban J connectivity index is 2.57. The monoisotopic (exact) mass is 227 g/mol. The van der Waals surface area contributed by atoms with Crippen LogP contribution in [0.4, 0.5) is 0 Å². The van der Waals surface area contributed by atoms with E-state index in [0.717, 1.165) is 18.4 Å². The maximum Gasteiger partial charge on any atom is 0.121 e. The molecule has 0 aliphatic carbocycles. The summed E-state index contributed by atoms with van der Waals surface area (Å²) in [5.74, 6) is 0.263. The Morgan fingerprint density at radius 1 is 1.47 bits per heavy atom. The Bertz CT molecular complexity index is 294. The van der Waals surface area contributed by atoms with Crippen molar-refractivity contribution in [2.45, 2.75) is 39.3 Å². The molecule has 2 nitrogen and oxygen atoms in total. The molecule has 1 rings (SSSR count). The van der Waals surface area contributed by atoms with Crippen molar-refractivity contribution in [3.63, 3.8) is 0 Å². The van der Waals surface area contributed by atoms with Crippen LogP contribution >= 0.6 is 11.6 Å². The van der Waals surface area contributed by atoms with Gasteiger partial charge in [-0.25, -0.2) is 0 Å². The Hall–Kier alpha value is -0.730. The minimum atomic E-state index is 0.263. The highest BCUT2D eigenvalue weighted by Gasteiger charge is 2.07. The van der Waals surface area contributed by atoms with Gasteiger partial charge < -0.3 is 10.4 Å². The SMILES string of the molecule is CCCC(C)NCc1c(O)cccc1Cl. The average molecular weight is 228 g/mol. The maximum absolute atomic E-state index is 9.61. The third kappa shape index (κ3) is 3.73. The summed E-state index contributed by atoms with van der Waals surface area (Å²) in [6.45, 7) is 4.91. The zero-order chi connectivity index (χ0) is 11.3. The number of benzene rings is 1. The number of aromatic hydroxyl groups is 1. The third-order valence-electron chi connectivity index (χ3n) is 2.44. The molecule has 0 spiro atoms. The minimum Gasteiger partial charge on any atom is -0.508 e. The molecule has 0 saturated carbocycles. The van der Waals surface area contributed by atoms with Crippen LogP contribution in [-0.4, -0.2) is 11.1 Å². The lowest BCUT2D eigenvalue weighted by Gasteiger charge is -2.14. The quantitative estimate of drug-likeness (QED) is 0.809. The Morgan fingerprint density at radius 2 is 2.20 bits per heavy atom. The largest absolute Gasteiger partial charge is 0.508 e. The van der Waals surface area contributed by atoms with Crippen LogP contribution in [0.2, 0.25) is 5.02 Å². The molecule has 1 aromatic carbocycles. The van der Waals surface area contributed by atoms with Gasteiger partial charge in [-0.3, -0.25) is 0 Å². The van der Waals surface area contributed by atoms with Crippen LogP contribution in [0.3, 0.4) is 0 Å². The van der Waals surface area contributed by atoms with Crippen molar-refractivity contribution in [1.29, 1.82) is 0 Å². The van der Waals surface area contributed by atoms with E-state index < -0.39 is 0 Å². The van der Waals surface area contributed by atoms with Crippen LogP contribution in [0.1, 0.15) is 32.3 Å². The van der Waals surface area contributed by atoms with E-state index in [1.807, 2.05) is 0 Å². The van der Waals surface area contributed by atoms with Gasteiger partial charge in [-0.05, 0) is 25.5 Å². The molecule has 0 bridgehead atoms. The van der Waals surface area contributed by atoms with E-state index in [0.29, 0.717) is 17.6 Å². The molecule has 1 aromatic rings. The van der Waals surface area contributed by atoms with Crippen LogP contribution in [-0.2, 0) is 6.54 Å². The summed E-state index contributed by atoms with van der Waals surface area (Å²) in [6, 6.07) is 5.65. The van der Waals surface area contributed by atoms with Gasteiger partial charge in [-0.1, -0.05) is 31.0 Å². The molecular formula is C12H18ClNO. The fraction of sp³-hybridized carbons (Fsp3) is 0.500. The van der Waals surface area contributed by atoms with Crippen molar-refractivity contribution in [1.82, 2.24) is 5.32 Å². The maximum atomic E-state index is 9.61. The van der Waals surface area contributed by atoms with Crippen molar-refractivity contribution in [3.8, 4) is 5.75 Å². The molecule has 84 valence electrons. The van der Waals surface area contributed by atoms with E-state index in [-0.39, 0.29) is 5.75 Å². The highest BCUT2D eigenvalue weighted by atomic mass is 35.5. The van der Waals surface area contributed by atoms with Gasteiger partial charge in [0.05, 0.1) is 0 Å². The number of nitrogens with one attached hydrogen (secondary N) is 1. The van der Waals surface area contributed by atoms with Gasteiger partial charge >= 0.3 is 0 Å². The number of hydrogen-bond donors (Lipinski definition) is 2. The number of phenols is 1. The van der Waals surface area contributed by atoms with E-state index >= 15 is 0 Å². The normalized spacial score (nSPS) is 12.7. The molecule has 1 atom stereocenters. The molecule has 2 N–H and O–H groups in total. The van der Waals surface area contributed by atoms with Crippen LogP contribution in [0.15, 0.2) is 18.2 Å². The van der Waals surface area contributed by atoms with E-state index in [1.165, 1.54) is 0 Å². The standard InChI is InChI=1S/C12H18ClNO/c1-3-5-9(2)14-8-10-11(13)6-4-7-12(10)15/h4,6-7,9,14-15H,3,5,8H2,1-2H3.